The van der Waals surface area contributed by atoms with Crippen LogP contribution in [-0.4, -0.2) is 45.2 Å². The molecule has 2 N–H and O–H groups in total. The molecule has 0 spiro atoms. The first kappa shape index (κ1) is 18.5. The number of unbranched alkanes of at least 4 members (excludes halogenated alkanes) is 4. The minimum Gasteiger partial charge on any atom is -0.626 e. The first-order chi connectivity index (χ1) is 10.9. The Kier molecular flexibility index (Phi) is 6.72. The molecule has 8 heteroatoms. The van der Waals surface area contributed by atoms with Crippen LogP contribution in [0.2, 0.25) is 0 Å². The monoisotopic (exact) mass is 344 g/mol. The van der Waals surface area contributed by atoms with Crippen LogP contribution in [-0.2, 0) is 16.3 Å². The summed E-state index contributed by atoms with van der Waals surface area (Å²) in [5.41, 5.74) is 0.894. The molecule has 0 aromatic carbocycles. The maximum absolute atomic E-state index is 12.5. The number of hydrogen-bond donors (Lipinski definition) is 2. The van der Waals surface area contributed by atoms with Gasteiger partial charge in [0.25, 0.3) is 5.82 Å². The quantitative estimate of drug-likeness (QED) is 0.373. The average Bonchev–Trinajstić information content (AvgIpc) is 2.76. The molecule has 0 amide bonds. The van der Waals surface area contributed by atoms with E-state index in [-0.39, 0.29) is 17.0 Å². The molecular weight excluding hydrogens is 316 g/mol. The van der Waals surface area contributed by atoms with E-state index in [1.807, 2.05) is 14.0 Å². The number of quaternary nitrogens is 1. The Morgan fingerprint density at radius 3 is 2.70 bits per heavy atom. The molecule has 0 aliphatic carbocycles. The van der Waals surface area contributed by atoms with Crippen molar-refractivity contribution in [2.75, 3.05) is 20.1 Å². The molecule has 3 unspecified atom stereocenters. The van der Waals surface area contributed by atoms with Crippen molar-refractivity contribution in [1.29, 1.82) is 0 Å². The highest BCUT2D eigenvalue weighted by molar-refractivity contribution is 7.86. The molecule has 0 fully saturated rings. The summed E-state index contributed by atoms with van der Waals surface area (Å²) in [5, 5.41) is 15.5. The number of hydrogen-bond acceptors (Lipinski definition) is 6. The topological polar surface area (TPSA) is 86.1 Å². The van der Waals surface area contributed by atoms with Gasteiger partial charge in [0, 0.05) is 20.4 Å². The van der Waals surface area contributed by atoms with Crippen LogP contribution in [0.4, 0.5) is 0 Å². The van der Waals surface area contributed by atoms with Gasteiger partial charge in [0.05, 0.1) is 13.1 Å². The molecule has 132 valence electrons. The van der Waals surface area contributed by atoms with E-state index in [4.69, 9.17) is 0 Å². The largest absolute Gasteiger partial charge is 0.626 e. The van der Waals surface area contributed by atoms with Crippen molar-refractivity contribution in [1.82, 2.24) is 13.9 Å². The van der Waals surface area contributed by atoms with Crippen LogP contribution in [0, 0.1) is 5.21 Å². The third kappa shape index (κ3) is 4.60. The van der Waals surface area contributed by atoms with E-state index in [9.17, 15) is 14.6 Å². The number of hydroxylamine groups is 2. The molecule has 2 heterocycles. The number of nitrogens with one attached hydrogen (secondary N) is 2. The van der Waals surface area contributed by atoms with Gasteiger partial charge in [0.1, 0.15) is 11.5 Å². The van der Waals surface area contributed by atoms with Gasteiger partial charge in [-0.15, -0.1) is 8.61 Å². The fourth-order valence-electron chi connectivity index (χ4n) is 3.02. The molecule has 0 bridgehead atoms. The highest BCUT2D eigenvalue weighted by atomic mass is 32.2. The van der Waals surface area contributed by atoms with Crippen molar-refractivity contribution in [2.45, 2.75) is 58.5 Å². The molecule has 2 aliphatic heterocycles. The number of ketones is 1. The van der Waals surface area contributed by atoms with Crippen LogP contribution in [0.5, 0.6) is 0 Å². The van der Waals surface area contributed by atoms with Gasteiger partial charge >= 0.3 is 0 Å². The first-order valence-corrected chi connectivity index (χ1v) is 9.42. The fraction of sp³-hybridized carbons (Fsp3) is 0.800. The van der Waals surface area contributed by atoms with Crippen molar-refractivity contribution >= 4 is 17.3 Å². The second-order valence-corrected chi connectivity index (χ2v) is 7.92. The zero-order chi connectivity index (χ0) is 17.0. The van der Waals surface area contributed by atoms with E-state index in [1.54, 1.807) is 15.5 Å². The molecule has 2 aliphatic rings. The summed E-state index contributed by atoms with van der Waals surface area (Å²) in [6, 6.07) is 0. The summed E-state index contributed by atoms with van der Waals surface area (Å²) in [6.45, 7) is 4.63. The van der Waals surface area contributed by atoms with Crippen LogP contribution in [0.1, 0.15) is 52.4 Å². The molecule has 7 nitrogen and oxygen atoms in total. The van der Waals surface area contributed by atoms with Gasteiger partial charge in [-0.2, -0.15) is 0 Å². The highest BCUT2D eigenvalue weighted by Gasteiger charge is 2.45. The molecule has 0 radical (unpaired) electrons. The third-order valence-electron chi connectivity index (χ3n) is 4.28. The summed E-state index contributed by atoms with van der Waals surface area (Å²) in [7, 11) is 1.81. The second kappa shape index (κ2) is 8.34. The summed E-state index contributed by atoms with van der Waals surface area (Å²) >= 11 is -1.28. The van der Waals surface area contributed by atoms with Crippen molar-refractivity contribution < 1.29 is 14.4 Å². The Balaban J connectivity index is 1.80. The Labute approximate surface area is 141 Å². The van der Waals surface area contributed by atoms with Gasteiger partial charge in [-0.1, -0.05) is 19.3 Å². The molecule has 3 atom stereocenters. The molecule has 2 rings (SSSR count). The lowest BCUT2D eigenvalue weighted by Crippen LogP contribution is -3.10. The molecule has 0 aromatic heterocycles. The van der Waals surface area contributed by atoms with Crippen molar-refractivity contribution in [3.63, 3.8) is 0 Å². The predicted octanol–water partition coefficient (Wildman–Crippen LogP) is 0.243. The zero-order valence-corrected chi connectivity index (χ0v) is 15.1. The third-order valence-corrected chi connectivity index (χ3v) is 5.68. The Morgan fingerprint density at radius 2 is 2.00 bits per heavy atom. The van der Waals surface area contributed by atoms with E-state index >= 15 is 0 Å². The Morgan fingerprint density at radius 1 is 1.35 bits per heavy atom. The molecule has 0 aromatic rings. The number of Topliss-reactive ketones (excluding diaryl/α,β-unsaturated/α-hetero) is 1. The number of rotatable bonds is 8. The maximum Gasteiger partial charge on any atom is 0.268 e. The van der Waals surface area contributed by atoms with Crippen LogP contribution in [0.25, 0.3) is 0 Å². The van der Waals surface area contributed by atoms with Crippen LogP contribution >= 0.6 is 0 Å². The normalized spacial score (nSPS) is 28.0. The lowest BCUT2D eigenvalue weighted by molar-refractivity contribution is -0.836. The minimum absolute atomic E-state index is 0.0444. The van der Waals surface area contributed by atoms with E-state index in [1.165, 1.54) is 0 Å². The predicted molar refractivity (Wildman–Crippen MR) is 89.8 cm³/mol. The summed E-state index contributed by atoms with van der Waals surface area (Å²) in [4.78, 5) is 10.9. The number of carbonyl (C=O) groups excluding carboxylic acids is 1. The van der Waals surface area contributed by atoms with Crippen molar-refractivity contribution in [3.8, 4) is 0 Å². The summed E-state index contributed by atoms with van der Waals surface area (Å²) in [5.74, 6) is 0.864. The van der Waals surface area contributed by atoms with Crippen LogP contribution in [0.15, 0.2) is 11.5 Å². The summed E-state index contributed by atoms with van der Waals surface area (Å²) < 4.78 is 16.0. The molecule has 0 saturated heterocycles. The SMILES string of the molecule is CC(=O)CCCCCCCN1C2=C(CN(C)[S+]1[O-])NC(C)[NH+]2[O-]. The summed E-state index contributed by atoms with van der Waals surface area (Å²) in [6.07, 6.45) is 5.43. The van der Waals surface area contributed by atoms with Crippen molar-refractivity contribution in [2.24, 2.45) is 0 Å². The van der Waals surface area contributed by atoms with Crippen molar-refractivity contribution in [3.05, 3.63) is 16.7 Å². The van der Waals surface area contributed by atoms with E-state index in [0.717, 1.165) is 37.8 Å². The van der Waals surface area contributed by atoms with Gasteiger partial charge in [-0.25, -0.2) is 0 Å². The zero-order valence-electron chi connectivity index (χ0n) is 14.3. The standard InChI is InChI=1S/C15H28N4O3S/c1-12(20)9-7-5-4-6-8-10-18-15-14(11-17(3)23(18)22)16-13(2)19(15)21/h13,16,19H,4-11H2,1-3H3. The number of nitrogens with zero attached hydrogens (tertiary/aromatic N) is 2. The van der Waals surface area contributed by atoms with E-state index in [0.29, 0.717) is 25.3 Å². The Hall–Kier alpha value is -0.800. The second-order valence-electron chi connectivity index (χ2n) is 6.40. The fourth-order valence-corrected chi connectivity index (χ4v) is 4.23. The van der Waals surface area contributed by atoms with Crippen LogP contribution in [0.3, 0.4) is 0 Å². The van der Waals surface area contributed by atoms with Gasteiger partial charge in [0.2, 0.25) is 0 Å². The molecule has 23 heavy (non-hydrogen) atoms. The van der Waals surface area contributed by atoms with Gasteiger partial charge in [-0.05, 0) is 19.8 Å². The van der Waals surface area contributed by atoms with Gasteiger partial charge < -0.3 is 24.9 Å². The number of likely N-dealkylation sites (N-methyl/N-ethyl adjacent to an activating group) is 1. The van der Waals surface area contributed by atoms with E-state index in [2.05, 4.69) is 5.32 Å². The minimum atomic E-state index is -1.28. The van der Waals surface area contributed by atoms with Crippen LogP contribution < -0.4 is 10.4 Å². The Bertz CT molecular complexity index is 460. The van der Waals surface area contributed by atoms with Gasteiger partial charge in [-0.3, -0.25) is 0 Å². The molecule has 0 saturated carbocycles. The first-order valence-electron chi connectivity index (χ1n) is 8.36. The lowest BCUT2D eigenvalue weighted by atomic mass is 10.1. The maximum atomic E-state index is 12.5. The average molecular weight is 344 g/mol. The van der Waals surface area contributed by atoms with E-state index < -0.39 is 11.5 Å². The number of carbonyl (C=O) groups is 1. The smallest absolute Gasteiger partial charge is 0.268 e. The highest BCUT2D eigenvalue weighted by Crippen LogP contribution is 2.23. The molecular formula is C15H28N4O3S. The lowest BCUT2D eigenvalue weighted by Gasteiger charge is -2.35. The van der Waals surface area contributed by atoms with Gasteiger partial charge in [0.15, 0.2) is 17.7 Å².